The Morgan fingerprint density at radius 2 is 0.688 bits per heavy atom. The van der Waals surface area contributed by atoms with Gasteiger partial charge in [0.05, 0.1) is 33.2 Å². The van der Waals surface area contributed by atoms with Crippen LogP contribution >= 0.6 is 0 Å². The summed E-state index contributed by atoms with van der Waals surface area (Å²) in [5.74, 6) is 0. The second kappa shape index (κ2) is 15.3. The van der Waals surface area contributed by atoms with E-state index in [1.54, 1.807) is 0 Å². The van der Waals surface area contributed by atoms with Crippen molar-refractivity contribution < 1.29 is 0 Å². The molecule has 0 fully saturated rings. The van der Waals surface area contributed by atoms with Crippen molar-refractivity contribution in [2.75, 3.05) is 4.90 Å². The van der Waals surface area contributed by atoms with Crippen LogP contribution in [0.15, 0.2) is 279 Å². The highest BCUT2D eigenvalue weighted by molar-refractivity contribution is 6.26. The summed E-state index contributed by atoms with van der Waals surface area (Å²) >= 11 is 0. The molecule has 2 heterocycles. The van der Waals surface area contributed by atoms with Crippen molar-refractivity contribution in [2.45, 2.75) is 10.8 Å². The average Bonchev–Trinajstić information content (AvgIpc) is 3.02. The van der Waals surface area contributed by atoms with Gasteiger partial charge >= 0.3 is 0 Å². The van der Waals surface area contributed by atoms with Crippen LogP contribution in [0.2, 0.25) is 0 Å². The van der Waals surface area contributed by atoms with Crippen molar-refractivity contribution in [1.29, 1.82) is 0 Å². The second-order valence-electron chi connectivity index (χ2n) is 22.5. The molecule has 2 nitrogen and oxygen atoms in total. The van der Waals surface area contributed by atoms with Gasteiger partial charge in [0.2, 0.25) is 0 Å². The number of fused-ring (bicyclic) bond motifs is 30. The van der Waals surface area contributed by atoms with Gasteiger partial charge in [0.25, 0.3) is 0 Å². The molecule has 3 aliphatic carbocycles. The smallest absolute Gasteiger partial charge is 0.0755 e. The van der Waals surface area contributed by atoms with Crippen molar-refractivity contribution in [3.05, 3.63) is 324 Å². The lowest BCUT2D eigenvalue weighted by Crippen LogP contribution is -2.33. The van der Waals surface area contributed by atoms with E-state index >= 15 is 0 Å². The van der Waals surface area contributed by atoms with E-state index in [0.29, 0.717) is 0 Å². The first-order chi connectivity index (χ1) is 39.7. The van der Waals surface area contributed by atoms with Gasteiger partial charge in [0.1, 0.15) is 0 Å². The normalized spacial score (nSPS) is 15.4. The summed E-state index contributed by atoms with van der Waals surface area (Å²) < 4.78 is 2.55. The molecular formula is C78H46N2. The molecule has 14 aromatic carbocycles. The SMILES string of the molecule is c1ccc2c(c1)-c1ccccc1C21c2ccccc2-c2c1cc(N(c1ccc3c(c1)C1(c4ccccc4-3)c3ccccc3-n3c4ccccc4c4cccc1c43)c1ccc3c4ccccc4c4ccccc4c3c1)c1ccccc21. The summed E-state index contributed by atoms with van der Waals surface area (Å²) in [6, 6.07) is 107. The summed E-state index contributed by atoms with van der Waals surface area (Å²) in [4.78, 5) is 2.62. The molecule has 0 radical (unpaired) electrons. The number of anilines is 3. The van der Waals surface area contributed by atoms with Crippen LogP contribution in [-0.2, 0) is 10.8 Å². The quantitative estimate of drug-likeness (QED) is 0.160. The minimum absolute atomic E-state index is 0.547. The van der Waals surface area contributed by atoms with Gasteiger partial charge < -0.3 is 9.47 Å². The monoisotopic (exact) mass is 1010 g/mol. The molecule has 0 amide bonds. The van der Waals surface area contributed by atoms with E-state index in [0.717, 1.165) is 17.1 Å². The van der Waals surface area contributed by atoms with Crippen LogP contribution in [0.3, 0.4) is 0 Å². The van der Waals surface area contributed by atoms with Gasteiger partial charge in [0, 0.05) is 27.5 Å². The summed E-state index contributed by atoms with van der Waals surface area (Å²) in [5.41, 5.74) is 24.2. The summed E-state index contributed by atoms with van der Waals surface area (Å²) in [6.07, 6.45) is 0. The average molecular weight is 1010 g/mol. The lowest BCUT2D eigenvalue weighted by Gasteiger charge is -2.40. The molecule has 80 heavy (non-hydrogen) atoms. The maximum atomic E-state index is 2.62. The zero-order valence-corrected chi connectivity index (χ0v) is 43.5. The third-order valence-electron chi connectivity index (χ3n) is 19.1. The van der Waals surface area contributed by atoms with E-state index in [1.807, 2.05) is 0 Å². The van der Waals surface area contributed by atoms with E-state index in [2.05, 4.69) is 289 Å². The topological polar surface area (TPSA) is 8.17 Å². The molecule has 2 spiro atoms. The van der Waals surface area contributed by atoms with Crippen LogP contribution in [-0.4, -0.2) is 4.57 Å². The Morgan fingerprint density at radius 1 is 0.250 bits per heavy atom. The third-order valence-corrected chi connectivity index (χ3v) is 19.1. The van der Waals surface area contributed by atoms with Gasteiger partial charge in [-0.25, -0.2) is 0 Å². The first-order valence-electron chi connectivity index (χ1n) is 28.1. The number of para-hydroxylation sites is 3. The van der Waals surface area contributed by atoms with E-state index in [4.69, 9.17) is 0 Å². The molecule has 0 bridgehead atoms. The van der Waals surface area contributed by atoms with E-state index in [9.17, 15) is 0 Å². The van der Waals surface area contributed by atoms with E-state index < -0.39 is 10.8 Å². The molecule has 4 aliphatic rings. The van der Waals surface area contributed by atoms with Gasteiger partial charge in [-0.2, -0.15) is 0 Å². The lowest BCUT2D eigenvalue weighted by atomic mass is 9.65. The summed E-state index contributed by atoms with van der Waals surface area (Å²) in [7, 11) is 0. The zero-order chi connectivity index (χ0) is 52.0. The molecule has 1 aliphatic heterocycles. The molecule has 0 saturated carbocycles. The minimum Gasteiger partial charge on any atom is -0.310 e. The van der Waals surface area contributed by atoms with Crippen LogP contribution < -0.4 is 4.90 Å². The van der Waals surface area contributed by atoms with E-state index in [1.165, 1.54) is 148 Å². The predicted molar refractivity (Wildman–Crippen MR) is 333 cm³/mol. The molecule has 2 heteroatoms. The molecule has 0 N–H and O–H groups in total. The standard InChI is InChI=1S/C78H46N2/c1-2-22-51-49(20-1)50-21-3-4-23-52(50)63-44-47(40-42-53(51)63)79(74-46-71-75(60-29-6-5-27-58(60)74)62-30-10-15-35-67(62)77(71)64-32-12-7-24-54(64)55-25-8-13-33-65(55)77)48-41-43-57-56-26-9-14-34-66(56)78(70(57)45-48)68-36-16-18-39-73(68)80-72-38-17-11-28-59(72)61-31-19-37-69(78)76(61)80/h1-46H. The molecule has 0 saturated heterocycles. The molecule has 1 atom stereocenters. The fraction of sp³-hybridized carbons (Fsp3) is 0.0256. The molecule has 1 aromatic heterocycles. The first kappa shape index (κ1) is 42.8. The lowest BCUT2D eigenvalue weighted by molar-refractivity contribution is 0.748. The summed E-state index contributed by atoms with van der Waals surface area (Å²) in [6.45, 7) is 0. The number of rotatable bonds is 3. The largest absolute Gasteiger partial charge is 0.310 e. The molecular weight excluding hydrogens is 965 g/mol. The maximum Gasteiger partial charge on any atom is 0.0755 e. The molecule has 15 aromatic rings. The van der Waals surface area contributed by atoms with Crippen molar-refractivity contribution in [3.8, 4) is 39.1 Å². The Labute approximate surface area is 462 Å². The van der Waals surface area contributed by atoms with Gasteiger partial charge in [-0.05, 0) is 158 Å². The Kier molecular flexibility index (Phi) is 8.16. The van der Waals surface area contributed by atoms with Gasteiger partial charge in [0.15, 0.2) is 0 Å². The number of hydrogen-bond acceptors (Lipinski definition) is 1. The van der Waals surface area contributed by atoms with Crippen molar-refractivity contribution >= 4 is 82.0 Å². The highest BCUT2D eigenvalue weighted by atomic mass is 15.1. The van der Waals surface area contributed by atoms with E-state index in [-0.39, 0.29) is 0 Å². The number of benzene rings is 14. The molecule has 368 valence electrons. The maximum absolute atomic E-state index is 2.62. The summed E-state index contributed by atoms with van der Waals surface area (Å²) in [5, 5.41) is 12.5. The number of nitrogens with zero attached hydrogens (tertiary/aromatic N) is 2. The Bertz CT molecular complexity index is 5200. The Hall–Kier alpha value is -10.3. The third kappa shape index (κ3) is 5.03. The Balaban J connectivity index is 0.959. The highest BCUT2D eigenvalue weighted by Gasteiger charge is 2.54. The second-order valence-corrected chi connectivity index (χ2v) is 22.5. The first-order valence-corrected chi connectivity index (χ1v) is 28.1. The van der Waals surface area contributed by atoms with Gasteiger partial charge in [-0.1, -0.05) is 237 Å². The zero-order valence-electron chi connectivity index (χ0n) is 43.5. The fourth-order valence-corrected chi connectivity index (χ4v) is 16.3. The predicted octanol–water partition coefficient (Wildman–Crippen LogP) is 19.9. The van der Waals surface area contributed by atoms with Gasteiger partial charge in [-0.3, -0.25) is 0 Å². The van der Waals surface area contributed by atoms with Crippen LogP contribution in [0.5, 0.6) is 0 Å². The number of hydrogen-bond donors (Lipinski definition) is 0. The van der Waals surface area contributed by atoms with Crippen molar-refractivity contribution in [3.63, 3.8) is 0 Å². The van der Waals surface area contributed by atoms with Crippen LogP contribution in [0, 0.1) is 0 Å². The van der Waals surface area contributed by atoms with Gasteiger partial charge in [-0.15, -0.1) is 0 Å². The fourth-order valence-electron chi connectivity index (χ4n) is 16.3. The minimum atomic E-state index is -0.629. The van der Waals surface area contributed by atoms with Crippen LogP contribution in [0.25, 0.3) is 104 Å². The highest BCUT2D eigenvalue weighted by Crippen LogP contribution is 2.66. The molecule has 1 unspecified atom stereocenters. The molecule has 19 rings (SSSR count). The van der Waals surface area contributed by atoms with Crippen molar-refractivity contribution in [1.82, 2.24) is 4.57 Å². The number of aromatic nitrogens is 1. The van der Waals surface area contributed by atoms with Crippen LogP contribution in [0.1, 0.15) is 44.5 Å². The van der Waals surface area contributed by atoms with Crippen LogP contribution in [0.4, 0.5) is 17.1 Å². The van der Waals surface area contributed by atoms with Crippen molar-refractivity contribution in [2.24, 2.45) is 0 Å². The Morgan fingerprint density at radius 3 is 1.35 bits per heavy atom.